The number of unbranched alkanes of at least 4 members (excludes halogenated alkanes) is 2. The molecule has 1 aliphatic rings. The van der Waals surface area contributed by atoms with Gasteiger partial charge in [0.05, 0.1) is 4.91 Å². The summed E-state index contributed by atoms with van der Waals surface area (Å²) in [5.41, 5.74) is 0.665. The zero-order valence-electron chi connectivity index (χ0n) is 15.1. The van der Waals surface area contributed by atoms with Crippen LogP contribution in [0.2, 0.25) is 0 Å². The molecule has 1 fully saturated rings. The van der Waals surface area contributed by atoms with E-state index in [2.05, 4.69) is 5.32 Å². The van der Waals surface area contributed by atoms with Crippen LogP contribution in [0, 0.1) is 0 Å². The molecule has 0 atom stereocenters. The Hall–Kier alpha value is -2.16. The highest BCUT2D eigenvalue weighted by Gasteiger charge is 2.31. The van der Waals surface area contributed by atoms with E-state index in [9.17, 15) is 14.7 Å². The fourth-order valence-electron chi connectivity index (χ4n) is 2.70. The van der Waals surface area contributed by atoms with Crippen LogP contribution in [0.5, 0.6) is 5.75 Å². The molecule has 2 N–H and O–H groups in total. The van der Waals surface area contributed by atoms with Gasteiger partial charge in [-0.2, -0.15) is 0 Å². The van der Waals surface area contributed by atoms with E-state index >= 15 is 0 Å². The molecule has 0 radical (unpaired) electrons. The van der Waals surface area contributed by atoms with Crippen molar-refractivity contribution in [3.8, 4) is 5.75 Å². The molecule has 0 spiro atoms. The Morgan fingerprint density at radius 3 is 2.68 bits per heavy atom. The molecular weight excluding hydrogens is 412 g/mol. The van der Waals surface area contributed by atoms with Crippen LogP contribution in [0.25, 0.3) is 6.08 Å². The number of hydrogen-bond acceptors (Lipinski definition) is 6. The zero-order chi connectivity index (χ0) is 19.9. The number of hydrogen-bond donors (Lipinski definition) is 2. The first-order chi connectivity index (χ1) is 13.5. The van der Waals surface area contributed by atoms with Gasteiger partial charge < -0.3 is 10.4 Å². The van der Waals surface area contributed by atoms with Crippen LogP contribution in [0.1, 0.15) is 30.6 Å². The second-order valence-electron chi connectivity index (χ2n) is 6.25. The summed E-state index contributed by atoms with van der Waals surface area (Å²) < 4.78 is 0.595. The van der Waals surface area contributed by atoms with Crippen LogP contribution in [-0.2, 0) is 9.59 Å². The minimum Gasteiger partial charge on any atom is -0.508 e. The van der Waals surface area contributed by atoms with Crippen LogP contribution in [-0.4, -0.2) is 32.7 Å². The van der Waals surface area contributed by atoms with Gasteiger partial charge >= 0.3 is 0 Å². The fraction of sp³-hybridized carbons (Fsp3) is 0.250. The van der Waals surface area contributed by atoms with Gasteiger partial charge in [-0.25, -0.2) is 0 Å². The molecule has 1 aromatic heterocycles. The second-order valence-corrected chi connectivity index (χ2v) is 8.91. The van der Waals surface area contributed by atoms with Crippen LogP contribution < -0.4 is 5.32 Å². The molecule has 0 bridgehead atoms. The van der Waals surface area contributed by atoms with Crippen molar-refractivity contribution in [3.63, 3.8) is 0 Å². The Morgan fingerprint density at radius 2 is 1.96 bits per heavy atom. The molecule has 5 nitrogen and oxygen atoms in total. The van der Waals surface area contributed by atoms with E-state index in [1.54, 1.807) is 28.4 Å². The van der Waals surface area contributed by atoms with Crippen LogP contribution in [0.15, 0.2) is 46.7 Å². The van der Waals surface area contributed by atoms with Crippen molar-refractivity contribution in [3.05, 3.63) is 51.6 Å². The van der Waals surface area contributed by atoms with Gasteiger partial charge in [-0.1, -0.05) is 36.5 Å². The Bertz CT molecular complexity index is 877. The molecule has 146 valence electrons. The summed E-state index contributed by atoms with van der Waals surface area (Å²) in [7, 11) is 0. The van der Waals surface area contributed by atoms with Crippen molar-refractivity contribution >= 4 is 63.2 Å². The smallest absolute Gasteiger partial charge is 0.266 e. The van der Waals surface area contributed by atoms with E-state index in [1.165, 1.54) is 23.9 Å². The molecule has 2 aromatic rings. The number of carbonyl (C=O) groups is 2. The lowest BCUT2D eigenvalue weighted by atomic mass is 10.1. The number of thiophene rings is 1. The first-order valence-electron chi connectivity index (χ1n) is 8.91. The Morgan fingerprint density at radius 1 is 1.18 bits per heavy atom. The maximum absolute atomic E-state index is 12.5. The largest absolute Gasteiger partial charge is 0.508 e. The fourth-order valence-corrected chi connectivity index (χ4v) is 4.73. The predicted octanol–water partition coefficient (Wildman–Crippen LogP) is 4.85. The molecule has 0 saturated carbocycles. The number of amides is 2. The van der Waals surface area contributed by atoms with Gasteiger partial charge in [0.2, 0.25) is 5.91 Å². The van der Waals surface area contributed by atoms with Gasteiger partial charge in [0.15, 0.2) is 0 Å². The minimum absolute atomic E-state index is 0.0338. The highest BCUT2D eigenvalue weighted by Crippen LogP contribution is 2.33. The van der Waals surface area contributed by atoms with E-state index in [4.69, 9.17) is 12.2 Å². The second kappa shape index (κ2) is 9.86. The number of phenols is 1. The quantitative estimate of drug-likeness (QED) is 0.270. The lowest BCUT2D eigenvalue weighted by molar-refractivity contribution is -0.122. The van der Waals surface area contributed by atoms with Gasteiger partial charge in [0.25, 0.3) is 5.91 Å². The molecular formula is C20H20N2O3S3. The van der Waals surface area contributed by atoms with Crippen molar-refractivity contribution in [2.75, 3.05) is 11.9 Å². The number of thiocarbonyl (C=S) groups is 1. The third-order valence-corrected chi connectivity index (χ3v) is 6.32. The SMILES string of the molecule is O=C(CCCCCN1C(=O)C(=Cc2cccs2)SC1=S)Nc1ccc(O)cc1. The third-order valence-electron chi connectivity index (χ3n) is 4.13. The van der Waals surface area contributed by atoms with Gasteiger partial charge in [-0.15, -0.1) is 11.3 Å². The van der Waals surface area contributed by atoms with Gasteiger partial charge in [0.1, 0.15) is 10.1 Å². The predicted molar refractivity (Wildman–Crippen MR) is 119 cm³/mol. The van der Waals surface area contributed by atoms with Crippen molar-refractivity contribution in [2.45, 2.75) is 25.7 Å². The van der Waals surface area contributed by atoms with E-state index in [0.29, 0.717) is 27.9 Å². The number of aromatic hydroxyl groups is 1. The molecule has 28 heavy (non-hydrogen) atoms. The summed E-state index contributed by atoms with van der Waals surface area (Å²) in [5, 5.41) is 14.0. The molecule has 1 saturated heterocycles. The molecule has 2 heterocycles. The lowest BCUT2D eigenvalue weighted by Crippen LogP contribution is -2.29. The Balaban J connectivity index is 1.38. The first-order valence-corrected chi connectivity index (χ1v) is 11.0. The van der Waals surface area contributed by atoms with Crippen LogP contribution in [0.4, 0.5) is 5.69 Å². The highest BCUT2D eigenvalue weighted by molar-refractivity contribution is 8.26. The molecule has 3 rings (SSSR count). The standard InChI is InChI=1S/C20H20N2O3S3/c23-15-9-7-14(8-10-15)21-18(24)6-2-1-3-11-22-19(25)17(28-20(22)26)13-16-5-4-12-27-16/h4-5,7-10,12-13,23H,1-3,6,11H2,(H,21,24). The van der Waals surface area contributed by atoms with Crippen molar-refractivity contribution in [2.24, 2.45) is 0 Å². The normalized spacial score (nSPS) is 15.4. The maximum Gasteiger partial charge on any atom is 0.266 e. The number of thioether (sulfide) groups is 1. The molecule has 0 aliphatic carbocycles. The molecule has 8 heteroatoms. The number of carbonyl (C=O) groups excluding carboxylic acids is 2. The summed E-state index contributed by atoms with van der Waals surface area (Å²) in [6.07, 6.45) is 4.67. The summed E-state index contributed by atoms with van der Waals surface area (Å²) >= 11 is 8.27. The topological polar surface area (TPSA) is 69.6 Å². The molecule has 1 aliphatic heterocycles. The summed E-state index contributed by atoms with van der Waals surface area (Å²) in [6, 6.07) is 10.3. The summed E-state index contributed by atoms with van der Waals surface area (Å²) in [6.45, 7) is 0.575. The molecule has 2 amide bonds. The van der Waals surface area contributed by atoms with E-state index in [-0.39, 0.29) is 17.6 Å². The van der Waals surface area contributed by atoms with Crippen molar-refractivity contribution in [1.29, 1.82) is 0 Å². The van der Waals surface area contributed by atoms with Gasteiger partial charge in [-0.3, -0.25) is 14.5 Å². The number of anilines is 1. The van der Waals surface area contributed by atoms with E-state index < -0.39 is 0 Å². The monoisotopic (exact) mass is 432 g/mol. The summed E-state index contributed by atoms with van der Waals surface area (Å²) in [5.74, 6) is 0.0718. The maximum atomic E-state index is 12.5. The number of nitrogens with zero attached hydrogens (tertiary/aromatic N) is 1. The van der Waals surface area contributed by atoms with Crippen molar-refractivity contribution in [1.82, 2.24) is 4.90 Å². The van der Waals surface area contributed by atoms with Gasteiger partial charge in [-0.05, 0) is 54.6 Å². The lowest BCUT2D eigenvalue weighted by Gasteiger charge is -2.14. The van der Waals surface area contributed by atoms with Gasteiger partial charge in [0, 0.05) is 23.5 Å². The average Bonchev–Trinajstić information content (AvgIpc) is 3.27. The first kappa shape index (κ1) is 20.6. The highest BCUT2D eigenvalue weighted by atomic mass is 32.2. The Labute approximate surface area is 177 Å². The average molecular weight is 433 g/mol. The third kappa shape index (κ3) is 5.67. The number of nitrogens with one attached hydrogen (secondary N) is 1. The Kier molecular flexibility index (Phi) is 7.24. The molecule has 0 unspecified atom stereocenters. The number of benzene rings is 1. The number of phenolic OH excluding ortho intramolecular Hbond substituents is 1. The molecule has 1 aromatic carbocycles. The minimum atomic E-state index is -0.0600. The summed E-state index contributed by atoms with van der Waals surface area (Å²) in [4.78, 5) is 27.8. The van der Waals surface area contributed by atoms with E-state index in [1.807, 2.05) is 23.6 Å². The van der Waals surface area contributed by atoms with Crippen LogP contribution in [0.3, 0.4) is 0 Å². The van der Waals surface area contributed by atoms with Crippen molar-refractivity contribution < 1.29 is 14.7 Å². The number of rotatable bonds is 8. The zero-order valence-corrected chi connectivity index (χ0v) is 17.5. The van der Waals surface area contributed by atoms with Crippen LogP contribution >= 0.6 is 35.3 Å². The van der Waals surface area contributed by atoms with E-state index in [0.717, 1.165) is 24.1 Å².